The molecule has 2 heteroatoms. The lowest BCUT2D eigenvalue weighted by atomic mass is 9.71. The Labute approximate surface area is 93.4 Å². The molecule has 1 nitrogen and oxygen atoms in total. The first kappa shape index (κ1) is 12.4. The molecule has 0 radical (unpaired) electrons. The van der Waals surface area contributed by atoms with E-state index >= 15 is 0 Å². The number of hydrogen-bond acceptors (Lipinski definition) is 2. The van der Waals surface area contributed by atoms with Gasteiger partial charge in [0, 0.05) is 0 Å². The van der Waals surface area contributed by atoms with E-state index in [2.05, 4.69) is 30.9 Å². The maximum absolute atomic E-state index is 3.48. The van der Waals surface area contributed by atoms with Crippen molar-refractivity contribution in [2.75, 3.05) is 24.6 Å². The van der Waals surface area contributed by atoms with Gasteiger partial charge in [-0.15, -0.1) is 0 Å². The summed E-state index contributed by atoms with van der Waals surface area (Å²) in [6, 6.07) is 0. The summed E-state index contributed by atoms with van der Waals surface area (Å²) in [7, 11) is 0. The van der Waals surface area contributed by atoms with Crippen molar-refractivity contribution in [3.63, 3.8) is 0 Å². The molecule has 0 aliphatic heterocycles. The Morgan fingerprint density at radius 1 is 1.21 bits per heavy atom. The Kier molecular flexibility index (Phi) is 6.70. The van der Waals surface area contributed by atoms with Crippen LogP contribution in [0, 0.1) is 11.8 Å². The molecule has 0 aromatic heterocycles. The molecule has 2 atom stereocenters. The largest absolute Gasteiger partial charge is 0.317 e. The zero-order valence-corrected chi connectivity index (χ0v) is 10.5. The zero-order chi connectivity index (χ0) is 10.2. The van der Waals surface area contributed by atoms with Gasteiger partial charge in [0.2, 0.25) is 0 Å². The number of rotatable bonds is 8. The normalized spacial score (nSPS) is 26.1. The van der Waals surface area contributed by atoms with Gasteiger partial charge in [0.1, 0.15) is 0 Å². The van der Waals surface area contributed by atoms with Crippen molar-refractivity contribution < 1.29 is 0 Å². The van der Waals surface area contributed by atoms with Crippen molar-refractivity contribution in [2.24, 2.45) is 11.8 Å². The van der Waals surface area contributed by atoms with Crippen molar-refractivity contribution in [3.8, 4) is 0 Å². The Balaban J connectivity index is 1.96. The highest BCUT2D eigenvalue weighted by atomic mass is 32.2. The summed E-state index contributed by atoms with van der Waals surface area (Å²) in [5.74, 6) is 4.71. The monoisotopic (exact) mass is 215 g/mol. The van der Waals surface area contributed by atoms with Crippen molar-refractivity contribution in [1.82, 2.24) is 5.32 Å². The summed E-state index contributed by atoms with van der Waals surface area (Å²) in [5, 5.41) is 3.48. The van der Waals surface area contributed by atoms with Gasteiger partial charge in [-0.2, -0.15) is 11.8 Å². The van der Waals surface area contributed by atoms with Gasteiger partial charge < -0.3 is 5.32 Å². The number of thioether (sulfide) groups is 1. The van der Waals surface area contributed by atoms with Gasteiger partial charge in [0.05, 0.1) is 0 Å². The topological polar surface area (TPSA) is 12.0 Å². The molecular weight excluding hydrogens is 190 g/mol. The maximum Gasteiger partial charge on any atom is -0.00180 e. The summed E-state index contributed by atoms with van der Waals surface area (Å²) in [5.41, 5.74) is 0. The van der Waals surface area contributed by atoms with Crippen LogP contribution in [0.3, 0.4) is 0 Å². The van der Waals surface area contributed by atoms with E-state index in [0.29, 0.717) is 0 Å². The molecule has 1 rings (SSSR count). The highest BCUT2D eigenvalue weighted by molar-refractivity contribution is 7.99. The second-order valence-corrected chi connectivity index (χ2v) is 5.64. The average molecular weight is 215 g/mol. The molecule has 1 fully saturated rings. The lowest BCUT2D eigenvalue weighted by molar-refractivity contribution is 0.160. The highest BCUT2D eigenvalue weighted by Gasteiger charge is 2.29. The summed E-state index contributed by atoms with van der Waals surface area (Å²) in [4.78, 5) is 0. The molecule has 1 N–H and O–H groups in total. The second-order valence-electron chi connectivity index (χ2n) is 4.24. The molecule has 0 aromatic rings. The lowest BCUT2D eigenvalue weighted by Crippen LogP contribution is -2.35. The van der Waals surface area contributed by atoms with Crippen molar-refractivity contribution in [2.45, 2.75) is 39.5 Å². The quantitative estimate of drug-likeness (QED) is 0.624. The highest BCUT2D eigenvalue weighted by Crippen LogP contribution is 2.37. The van der Waals surface area contributed by atoms with Crippen LogP contribution >= 0.6 is 11.8 Å². The fraction of sp³-hybridized carbons (Fsp3) is 1.00. The van der Waals surface area contributed by atoms with Crippen LogP contribution in [-0.2, 0) is 0 Å². The average Bonchev–Trinajstić information content (AvgIpc) is 2.16. The van der Waals surface area contributed by atoms with E-state index in [1.54, 1.807) is 0 Å². The molecule has 0 aromatic carbocycles. The third kappa shape index (κ3) is 4.22. The van der Waals surface area contributed by atoms with Crippen LogP contribution in [0.15, 0.2) is 0 Å². The van der Waals surface area contributed by atoms with Crippen molar-refractivity contribution in [1.29, 1.82) is 0 Å². The van der Waals surface area contributed by atoms with E-state index in [9.17, 15) is 0 Å². The van der Waals surface area contributed by atoms with E-state index < -0.39 is 0 Å². The smallest absolute Gasteiger partial charge is 0.00180 e. The first-order valence-electron chi connectivity index (χ1n) is 6.16. The van der Waals surface area contributed by atoms with E-state index in [0.717, 1.165) is 18.4 Å². The van der Waals surface area contributed by atoms with Gasteiger partial charge >= 0.3 is 0 Å². The van der Waals surface area contributed by atoms with Gasteiger partial charge in [-0.25, -0.2) is 0 Å². The Hall–Kier alpha value is 0.310. The van der Waals surface area contributed by atoms with E-state index in [-0.39, 0.29) is 0 Å². The number of hydrogen-bond donors (Lipinski definition) is 1. The van der Waals surface area contributed by atoms with E-state index in [1.807, 2.05) is 0 Å². The fourth-order valence-corrected chi connectivity index (χ4v) is 2.87. The minimum atomic E-state index is 1.00. The molecule has 1 saturated carbocycles. The van der Waals surface area contributed by atoms with Crippen molar-refractivity contribution >= 4 is 11.8 Å². The van der Waals surface area contributed by atoms with Gasteiger partial charge in [0.15, 0.2) is 0 Å². The molecule has 0 heterocycles. The molecular formula is C12H25NS. The fourth-order valence-electron chi connectivity index (χ4n) is 2.21. The van der Waals surface area contributed by atoms with Crippen LogP contribution in [-0.4, -0.2) is 24.6 Å². The molecule has 0 spiro atoms. The molecule has 0 amide bonds. The first-order valence-corrected chi connectivity index (χ1v) is 7.32. The van der Waals surface area contributed by atoms with Crippen LogP contribution in [0.4, 0.5) is 0 Å². The summed E-state index contributed by atoms with van der Waals surface area (Å²) in [6.45, 7) is 6.85. The predicted molar refractivity (Wildman–Crippen MR) is 67.0 cm³/mol. The van der Waals surface area contributed by atoms with E-state index in [4.69, 9.17) is 0 Å². The molecule has 0 saturated heterocycles. The van der Waals surface area contributed by atoms with Crippen LogP contribution in [0.25, 0.3) is 0 Å². The summed E-state index contributed by atoms with van der Waals surface area (Å²) < 4.78 is 0. The summed E-state index contributed by atoms with van der Waals surface area (Å²) >= 11 is 2.09. The van der Waals surface area contributed by atoms with Gasteiger partial charge in [-0.1, -0.05) is 13.8 Å². The Bertz CT molecular complexity index is 138. The van der Waals surface area contributed by atoms with Crippen LogP contribution in [0.5, 0.6) is 0 Å². The third-order valence-electron chi connectivity index (χ3n) is 3.30. The van der Waals surface area contributed by atoms with Crippen LogP contribution < -0.4 is 5.32 Å². The molecule has 0 bridgehead atoms. The SMILES string of the molecule is CCNCC1CCC1CCCSCC. The molecule has 14 heavy (non-hydrogen) atoms. The Morgan fingerprint density at radius 2 is 2.00 bits per heavy atom. The zero-order valence-electron chi connectivity index (χ0n) is 9.72. The lowest BCUT2D eigenvalue weighted by Gasteiger charge is -2.37. The second kappa shape index (κ2) is 7.58. The predicted octanol–water partition coefficient (Wildman–Crippen LogP) is 3.16. The van der Waals surface area contributed by atoms with E-state index in [1.165, 1.54) is 43.7 Å². The first-order chi connectivity index (χ1) is 6.88. The summed E-state index contributed by atoms with van der Waals surface area (Å²) in [6.07, 6.45) is 5.88. The van der Waals surface area contributed by atoms with Gasteiger partial charge in [0.25, 0.3) is 0 Å². The van der Waals surface area contributed by atoms with Gasteiger partial charge in [-0.3, -0.25) is 0 Å². The molecule has 2 unspecified atom stereocenters. The Morgan fingerprint density at radius 3 is 2.57 bits per heavy atom. The molecule has 1 aliphatic rings. The maximum atomic E-state index is 3.48. The molecule has 1 aliphatic carbocycles. The standard InChI is InChI=1S/C12H25NS/c1-3-13-10-12-8-7-11(12)6-5-9-14-4-2/h11-13H,3-10H2,1-2H3. The van der Waals surface area contributed by atoms with Gasteiger partial charge in [-0.05, 0) is 62.1 Å². The van der Waals surface area contributed by atoms with Crippen molar-refractivity contribution in [3.05, 3.63) is 0 Å². The molecule has 84 valence electrons. The van der Waals surface area contributed by atoms with Crippen LogP contribution in [0.1, 0.15) is 39.5 Å². The van der Waals surface area contributed by atoms with Crippen LogP contribution in [0.2, 0.25) is 0 Å². The minimum absolute atomic E-state index is 1.00. The minimum Gasteiger partial charge on any atom is -0.317 e. The third-order valence-corrected chi connectivity index (χ3v) is 4.28. The number of nitrogens with one attached hydrogen (secondary N) is 1.